The molecule has 0 saturated heterocycles. The molecule has 8 heteroatoms. The molecule has 0 bridgehead atoms. The average Bonchev–Trinajstić information content (AvgIpc) is 2.50. The number of rotatable bonds is 4. The van der Waals surface area contributed by atoms with Crippen molar-refractivity contribution in [2.45, 2.75) is 26.3 Å². The summed E-state index contributed by atoms with van der Waals surface area (Å²) in [6, 6.07) is 4.47. The Kier molecular flexibility index (Phi) is 6.03. The lowest BCUT2D eigenvalue weighted by Gasteiger charge is -2.24. The van der Waals surface area contributed by atoms with Crippen LogP contribution in [0.4, 0.5) is 4.79 Å². The molecule has 2 N–H and O–H groups in total. The first-order valence-corrected chi connectivity index (χ1v) is 7.91. The molecule has 0 saturated carbocycles. The summed E-state index contributed by atoms with van der Waals surface area (Å²) in [5.74, 6) is -1.08. The van der Waals surface area contributed by atoms with Crippen LogP contribution in [0.5, 0.6) is 5.75 Å². The van der Waals surface area contributed by atoms with Crippen LogP contribution in [0.1, 0.15) is 19.4 Å². The summed E-state index contributed by atoms with van der Waals surface area (Å²) in [4.78, 5) is 35.0. The normalized spacial score (nSPS) is 15.9. The van der Waals surface area contributed by atoms with Crippen LogP contribution in [0.3, 0.4) is 0 Å². The minimum Gasteiger partial charge on any atom is -0.492 e. The number of esters is 1. The van der Waals surface area contributed by atoms with Gasteiger partial charge in [0.15, 0.2) is 6.61 Å². The zero-order valence-electron chi connectivity index (χ0n) is 13.4. The maximum absolute atomic E-state index is 12.0. The van der Waals surface area contributed by atoms with Crippen molar-refractivity contribution < 1.29 is 23.9 Å². The average molecular weight is 355 g/mol. The van der Waals surface area contributed by atoms with Crippen LogP contribution >= 0.6 is 11.6 Å². The fourth-order valence-electron chi connectivity index (χ4n) is 2.23. The van der Waals surface area contributed by atoms with Crippen LogP contribution in [0.15, 0.2) is 18.2 Å². The monoisotopic (exact) mass is 354 g/mol. The van der Waals surface area contributed by atoms with Gasteiger partial charge in [-0.05, 0) is 44.0 Å². The lowest BCUT2D eigenvalue weighted by molar-refractivity contribution is -0.153. The number of halogens is 1. The van der Waals surface area contributed by atoms with E-state index in [1.165, 1.54) is 0 Å². The van der Waals surface area contributed by atoms with E-state index in [0.717, 1.165) is 5.56 Å². The molecule has 1 aliphatic heterocycles. The molecule has 0 radical (unpaired) electrons. The third-order valence-corrected chi connectivity index (χ3v) is 3.52. The van der Waals surface area contributed by atoms with Crippen molar-refractivity contribution in [1.82, 2.24) is 10.6 Å². The largest absolute Gasteiger partial charge is 0.492 e. The van der Waals surface area contributed by atoms with E-state index in [1.807, 2.05) is 0 Å². The number of carbonyl (C=O) groups is 3. The van der Waals surface area contributed by atoms with Gasteiger partial charge in [-0.25, -0.2) is 4.79 Å². The molecule has 2 rings (SSSR count). The highest BCUT2D eigenvalue weighted by Crippen LogP contribution is 2.30. The second-order valence-electron chi connectivity index (χ2n) is 5.75. The van der Waals surface area contributed by atoms with Crippen LogP contribution in [0, 0.1) is 5.92 Å². The Bertz CT molecular complexity index is 647. The van der Waals surface area contributed by atoms with Gasteiger partial charge in [0.25, 0.3) is 5.91 Å². The van der Waals surface area contributed by atoms with Crippen molar-refractivity contribution in [1.29, 1.82) is 0 Å². The van der Waals surface area contributed by atoms with E-state index in [-0.39, 0.29) is 12.6 Å². The standard InChI is InChI=1S/C16H19ClN2O5/c1-9(2)18-16(22)19-14(20)8-24-15(21)11-5-10-6-12(17)3-4-13(10)23-7-11/h3-4,6,9,11H,5,7-8H2,1-2H3,(H2,18,19,20,22)/t11-/m1/s1. The highest BCUT2D eigenvalue weighted by atomic mass is 35.5. The summed E-state index contributed by atoms with van der Waals surface area (Å²) in [6.45, 7) is 3.17. The van der Waals surface area contributed by atoms with Gasteiger partial charge in [-0.1, -0.05) is 11.6 Å². The summed E-state index contributed by atoms with van der Waals surface area (Å²) in [6.07, 6.45) is 0.421. The molecule has 1 atom stereocenters. The molecular formula is C16H19ClN2O5. The quantitative estimate of drug-likeness (QED) is 0.802. The SMILES string of the molecule is CC(C)NC(=O)NC(=O)COC(=O)[C@H]1COc2ccc(Cl)cc2C1. The predicted molar refractivity (Wildman–Crippen MR) is 86.9 cm³/mol. The maximum Gasteiger partial charge on any atom is 0.321 e. The van der Waals surface area contributed by atoms with Gasteiger partial charge in [0, 0.05) is 11.1 Å². The highest BCUT2D eigenvalue weighted by Gasteiger charge is 2.28. The number of nitrogens with one attached hydrogen (secondary N) is 2. The van der Waals surface area contributed by atoms with E-state index in [1.54, 1.807) is 32.0 Å². The summed E-state index contributed by atoms with van der Waals surface area (Å²) < 4.78 is 10.5. The van der Waals surface area contributed by atoms with Crippen molar-refractivity contribution in [2.24, 2.45) is 5.92 Å². The third kappa shape index (κ3) is 5.13. The van der Waals surface area contributed by atoms with Crippen molar-refractivity contribution >= 4 is 29.5 Å². The van der Waals surface area contributed by atoms with Gasteiger partial charge in [-0.3, -0.25) is 14.9 Å². The minimum absolute atomic E-state index is 0.105. The van der Waals surface area contributed by atoms with Crippen molar-refractivity contribution in [3.05, 3.63) is 28.8 Å². The van der Waals surface area contributed by atoms with Crippen LogP contribution in [0.25, 0.3) is 0 Å². The molecule has 1 heterocycles. The van der Waals surface area contributed by atoms with E-state index in [4.69, 9.17) is 21.1 Å². The Morgan fingerprint density at radius 3 is 2.83 bits per heavy atom. The third-order valence-electron chi connectivity index (χ3n) is 3.28. The number of hydrogen-bond acceptors (Lipinski definition) is 5. The number of ether oxygens (including phenoxy) is 2. The summed E-state index contributed by atoms with van der Waals surface area (Å²) in [5, 5.41) is 5.13. The molecule has 1 aliphatic rings. The Morgan fingerprint density at radius 2 is 2.12 bits per heavy atom. The molecule has 0 aliphatic carbocycles. The number of hydrogen-bond donors (Lipinski definition) is 2. The number of fused-ring (bicyclic) bond motifs is 1. The van der Waals surface area contributed by atoms with Gasteiger partial charge in [0.2, 0.25) is 0 Å². The summed E-state index contributed by atoms with van der Waals surface area (Å²) in [7, 11) is 0. The Labute approximate surface area is 144 Å². The molecule has 3 amide bonds. The van der Waals surface area contributed by atoms with E-state index < -0.39 is 30.4 Å². The highest BCUT2D eigenvalue weighted by molar-refractivity contribution is 6.30. The van der Waals surface area contributed by atoms with E-state index in [0.29, 0.717) is 17.2 Å². The van der Waals surface area contributed by atoms with E-state index >= 15 is 0 Å². The minimum atomic E-state index is -0.693. The summed E-state index contributed by atoms with van der Waals surface area (Å²) >= 11 is 5.93. The van der Waals surface area contributed by atoms with Gasteiger partial charge in [0.1, 0.15) is 12.4 Å². The lowest BCUT2D eigenvalue weighted by Crippen LogP contribution is -2.44. The van der Waals surface area contributed by atoms with Gasteiger partial charge in [-0.2, -0.15) is 0 Å². The fourth-order valence-corrected chi connectivity index (χ4v) is 2.42. The van der Waals surface area contributed by atoms with Gasteiger partial charge >= 0.3 is 12.0 Å². The van der Waals surface area contributed by atoms with Gasteiger partial charge in [0.05, 0.1) is 5.92 Å². The van der Waals surface area contributed by atoms with E-state index in [9.17, 15) is 14.4 Å². The van der Waals surface area contributed by atoms with Crippen molar-refractivity contribution in [3.8, 4) is 5.75 Å². The molecule has 7 nitrogen and oxygen atoms in total. The Morgan fingerprint density at radius 1 is 1.38 bits per heavy atom. The zero-order valence-corrected chi connectivity index (χ0v) is 14.2. The maximum atomic E-state index is 12.0. The molecule has 1 aromatic carbocycles. The van der Waals surface area contributed by atoms with Gasteiger partial charge < -0.3 is 14.8 Å². The first kappa shape index (κ1) is 18.1. The van der Waals surface area contributed by atoms with Crippen LogP contribution in [-0.4, -0.2) is 37.2 Å². The van der Waals surface area contributed by atoms with Crippen molar-refractivity contribution in [3.63, 3.8) is 0 Å². The number of carbonyl (C=O) groups excluding carboxylic acids is 3. The number of urea groups is 1. The first-order valence-electron chi connectivity index (χ1n) is 7.53. The molecule has 1 aromatic rings. The number of benzene rings is 1. The summed E-state index contributed by atoms with van der Waals surface area (Å²) in [5.41, 5.74) is 0.816. The zero-order chi connectivity index (χ0) is 17.7. The molecule has 0 aromatic heterocycles. The molecule has 0 unspecified atom stereocenters. The Balaban J connectivity index is 1.81. The second kappa shape index (κ2) is 8.01. The van der Waals surface area contributed by atoms with Crippen LogP contribution in [0.2, 0.25) is 5.02 Å². The van der Waals surface area contributed by atoms with E-state index in [2.05, 4.69) is 10.6 Å². The smallest absolute Gasteiger partial charge is 0.321 e. The first-order chi connectivity index (χ1) is 11.3. The van der Waals surface area contributed by atoms with Gasteiger partial charge in [-0.15, -0.1) is 0 Å². The van der Waals surface area contributed by atoms with Crippen LogP contribution < -0.4 is 15.4 Å². The molecular weight excluding hydrogens is 336 g/mol. The number of amides is 3. The lowest BCUT2D eigenvalue weighted by atomic mass is 9.97. The topological polar surface area (TPSA) is 93.7 Å². The second-order valence-corrected chi connectivity index (χ2v) is 6.18. The Hall–Kier alpha value is -2.28. The molecule has 130 valence electrons. The van der Waals surface area contributed by atoms with Crippen molar-refractivity contribution in [2.75, 3.05) is 13.2 Å². The molecule has 24 heavy (non-hydrogen) atoms. The molecule has 0 fully saturated rings. The fraction of sp³-hybridized carbons (Fsp3) is 0.438. The molecule has 0 spiro atoms. The number of imide groups is 1. The van der Waals surface area contributed by atoms with Crippen LogP contribution in [-0.2, 0) is 20.7 Å². The predicted octanol–water partition coefficient (Wildman–Crippen LogP) is 1.67.